The summed E-state index contributed by atoms with van der Waals surface area (Å²) >= 11 is 0. The van der Waals surface area contributed by atoms with Gasteiger partial charge in [0.05, 0.1) is 6.61 Å². The number of rotatable bonds is 8. The predicted molar refractivity (Wildman–Crippen MR) is 84.2 cm³/mol. The number of imidazole rings is 1. The number of aliphatic hydroxyl groups excluding tert-OH is 1. The number of aromatic amines is 2. The van der Waals surface area contributed by atoms with E-state index in [2.05, 4.69) is 19.9 Å². The minimum atomic E-state index is -0.423. The van der Waals surface area contributed by atoms with Gasteiger partial charge in [-0.25, -0.2) is 9.78 Å². The van der Waals surface area contributed by atoms with Crippen LogP contribution in [0.25, 0.3) is 11.2 Å². The fraction of sp³-hybridized carbons (Fsp3) is 0.643. The van der Waals surface area contributed by atoms with E-state index >= 15 is 0 Å². The second-order valence-corrected chi connectivity index (χ2v) is 5.20. The molecule has 0 aliphatic rings. The van der Waals surface area contributed by atoms with Crippen LogP contribution in [0.3, 0.4) is 0 Å². The van der Waals surface area contributed by atoms with Gasteiger partial charge in [0.2, 0.25) is 0 Å². The Morgan fingerprint density at radius 3 is 2.64 bits per heavy atom. The molecule has 2 rings (SSSR count). The van der Waals surface area contributed by atoms with Gasteiger partial charge >= 0.3 is 5.69 Å². The predicted octanol–water partition coefficient (Wildman–Crippen LogP) is -0.320. The second kappa shape index (κ2) is 7.37. The molecule has 0 fully saturated rings. The van der Waals surface area contributed by atoms with Crippen LogP contribution in [0, 0.1) is 0 Å². The van der Waals surface area contributed by atoms with E-state index in [4.69, 9.17) is 5.11 Å². The van der Waals surface area contributed by atoms with Crippen LogP contribution in [0.4, 0.5) is 0 Å². The Morgan fingerprint density at radius 1 is 1.23 bits per heavy atom. The molecule has 0 aliphatic carbocycles. The van der Waals surface area contributed by atoms with Crippen LogP contribution in [-0.4, -0.2) is 55.8 Å². The maximum atomic E-state index is 12.3. The minimum absolute atomic E-state index is 0.114. The second-order valence-electron chi connectivity index (χ2n) is 5.20. The molecule has 0 atom stereocenters. The number of nitrogens with one attached hydrogen (secondary N) is 2. The molecule has 2 heterocycles. The van der Waals surface area contributed by atoms with E-state index in [9.17, 15) is 9.59 Å². The van der Waals surface area contributed by atoms with Crippen molar-refractivity contribution in [1.29, 1.82) is 0 Å². The fourth-order valence-corrected chi connectivity index (χ4v) is 2.44. The third-order valence-electron chi connectivity index (χ3n) is 3.66. The molecule has 0 aliphatic heterocycles. The first kappa shape index (κ1) is 16.4. The van der Waals surface area contributed by atoms with Crippen LogP contribution in [0.15, 0.2) is 9.59 Å². The van der Waals surface area contributed by atoms with E-state index in [1.807, 2.05) is 13.8 Å². The van der Waals surface area contributed by atoms with Crippen LogP contribution < -0.4 is 11.2 Å². The summed E-state index contributed by atoms with van der Waals surface area (Å²) in [6, 6.07) is 0. The molecule has 0 unspecified atom stereocenters. The summed E-state index contributed by atoms with van der Waals surface area (Å²) in [5.41, 5.74) is -0.106. The van der Waals surface area contributed by atoms with E-state index in [0.717, 1.165) is 13.1 Å². The van der Waals surface area contributed by atoms with Gasteiger partial charge in [-0.05, 0) is 13.0 Å². The van der Waals surface area contributed by atoms with Gasteiger partial charge in [-0.2, -0.15) is 0 Å². The lowest BCUT2D eigenvalue weighted by Crippen LogP contribution is -2.34. The van der Waals surface area contributed by atoms with Gasteiger partial charge in [0.25, 0.3) is 5.56 Å². The standard InChI is InChI=1S/C14H23N5O3/c1-3-6-19-13(21)11-12(17-14(19)22)16-10(15-11)5-7-18(4-2)8-9-20/h20H,3-9H2,1-2H3,(H,15,16)(H,17,22). The molecule has 2 aromatic heterocycles. The highest BCUT2D eigenvalue weighted by atomic mass is 16.3. The van der Waals surface area contributed by atoms with E-state index < -0.39 is 5.69 Å². The largest absolute Gasteiger partial charge is 0.395 e. The molecule has 0 bridgehead atoms. The Balaban J connectivity index is 2.25. The van der Waals surface area contributed by atoms with Gasteiger partial charge in [-0.3, -0.25) is 14.3 Å². The zero-order valence-electron chi connectivity index (χ0n) is 13.1. The molecule has 3 N–H and O–H groups in total. The zero-order valence-corrected chi connectivity index (χ0v) is 13.1. The Hall–Kier alpha value is -1.93. The molecule has 0 aromatic carbocycles. The summed E-state index contributed by atoms with van der Waals surface area (Å²) in [5, 5.41) is 8.98. The van der Waals surface area contributed by atoms with Gasteiger partial charge < -0.3 is 15.0 Å². The lowest BCUT2D eigenvalue weighted by Gasteiger charge is -2.17. The normalized spacial score (nSPS) is 11.6. The van der Waals surface area contributed by atoms with Crippen molar-refractivity contribution < 1.29 is 5.11 Å². The Labute approximate surface area is 127 Å². The molecule has 0 saturated carbocycles. The molecule has 0 saturated heterocycles. The minimum Gasteiger partial charge on any atom is -0.395 e. The van der Waals surface area contributed by atoms with Crippen LogP contribution in [-0.2, 0) is 13.0 Å². The van der Waals surface area contributed by atoms with Crippen molar-refractivity contribution >= 4 is 11.2 Å². The van der Waals surface area contributed by atoms with Crippen LogP contribution in [0.1, 0.15) is 26.1 Å². The number of hydrogen-bond donors (Lipinski definition) is 3. The van der Waals surface area contributed by atoms with E-state index in [0.29, 0.717) is 42.9 Å². The number of hydrogen-bond acceptors (Lipinski definition) is 5. The lowest BCUT2D eigenvalue weighted by molar-refractivity contribution is 0.203. The highest BCUT2D eigenvalue weighted by Crippen LogP contribution is 2.04. The van der Waals surface area contributed by atoms with Crippen molar-refractivity contribution in [3.63, 3.8) is 0 Å². The average molecular weight is 309 g/mol. The summed E-state index contributed by atoms with van der Waals surface area (Å²) in [5.74, 6) is 0.661. The summed E-state index contributed by atoms with van der Waals surface area (Å²) in [7, 11) is 0. The topological polar surface area (TPSA) is 107 Å². The number of fused-ring (bicyclic) bond motifs is 1. The van der Waals surface area contributed by atoms with Crippen molar-refractivity contribution in [1.82, 2.24) is 24.4 Å². The molecule has 8 nitrogen and oxygen atoms in total. The molecular formula is C14H23N5O3. The van der Waals surface area contributed by atoms with E-state index in [1.54, 1.807) is 0 Å². The number of nitrogens with zero attached hydrogens (tertiary/aromatic N) is 3. The molecule has 2 aromatic rings. The van der Waals surface area contributed by atoms with Crippen molar-refractivity contribution in [3.05, 3.63) is 26.7 Å². The van der Waals surface area contributed by atoms with Gasteiger partial charge in [0, 0.05) is 26.1 Å². The van der Waals surface area contributed by atoms with E-state index in [-0.39, 0.29) is 12.2 Å². The maximum Gasteiger partial charge on any atom is 0.330 e. The SMILES string of the molecule is CCCn1c(=O)[nH]c2nc(CCN(CC)CCO)[nH]c2c1=O. The summed E-state index contributed by atoms with van der Waals surface area (Å²) in [6.45, 7) is 6.60. The summed E-state index contributed by atoms with van der Waals surface area (Å²) in [4.78, 5) is 36.2. The average Bonchev–Trinajstić information content (AvgIpc) is 2.91. The van der Waals surface area contributed by atoms with Crippen molar-refractivity contribution in [3.8, 4) is 0 Å². The molecular weight excluding hydrogens is 286 g/mol. The quantitative estimate of drug-likeness (QED) is 0.619. The Morgan fingerprint density at radius 2 is 2.00 bits per heavy atom. The Bertz CT molecular complexity index is 730. The number of aliphatic hydroxyl groups is 1. The van der Waals surface area contributed by atoms with Gasteiger partial charge in [-0.15, -0.1) is 0 Å². The highest BCUT2D eigenvalue weighted by Gasteiger charge is 2.12. The highest BCUT2D eigenvalue weighted by molar-refractivity contribution is 5.68. The maximum absolute atomic E-state index is 12.3. The van der Waals surface area contributed by atoms with Gasteiger partial charge in [0.15, 0.2) is 5.65 Å². The Kier molecular flexibility index (Phi) is 5.51. The smallest absolute Gasteiger partial charge is 0.330 e. The van der Waals surface area contributed by atoms with Crippen molar-refractivity contribution in [2.75, 3.05) is 26.2 Å². The summed E-state index contributed by atoms with van der Waals surface area (Å²) < 4.78 is 1.19. The molecule has 0 amide bonds. The number of likely N-dealkylation sites (N-methyl/N-ethyl adjacent to an activating group) is 1. The summed E-state index contributed by atoms with van der Waals surface area (Å²) in [6.07, 6.45) is 1.33. The van der Waals surface area contributed by atoms with Crippen molar-refractivity contribution in [2.24, 2.45) is 0 Å². The first-order valence-corrected chi connectivity index (χ1v) is 7.65. The molecule has 0 radical (unpaired) electrons. The molecule has 22 heavy (non-hydrogen) atoms. The third-order valence-corrected chi connectivity index (χ3v) is 3.66. The molecule has 0 spiro atoms. The van der Waals surface area contributed by atoms with Gasteiger partial charge in [-0.1, -0.05) is 13.8 Å². The monoisotopic (exact) mass is 309 g/mol. The van der Waals surface area contributed by atoms with Gasteiger partial charge in [0.1, 0.15) is 11.3 Å². The fourth-order valence-electron chi connectivity index (χ4n) is 2.44. The molecule has 8 heteroatoms. The first-order valence-electron chi connectivity index (χ1n) is 7.65. The lowest BCUT2D eigenvalue weighted by atomic mass is 10.3. The van der Waals surface area contributed by atoms with Crippen molar-refractivity contribution in [2.45, 2.75) is 33.2 Å². The zero-order chi connectivity index (χ0) is 16.1. The number of H-pyrrole nitrogens is 2. The van der Waals surface area contributed by atoms with Crippen LogP contribution in [0.5, 0.6) is 0 Å². The molecule has 122 valence electrons. The number of aromatic nitrogens is 4. The first-order chi connectivity index (χ1) is 10.6. The third kappa shape index (κ3) is 3.45. The van der Waals surface area contributed by atoms with E-state index in [1.165, 1.54) is 4.57 Å². The van der Waals surface area contributed by atoms with Crippen LogP contribution in [0.2, 0.25) is 0 Å². The van der Waals surface area contributed by atoms with Crippen LogP contribution >= 0.6 is 0 Å².